The van der Waals surface area contributed by atoms with Crippen LogP contribution in [0.3, 0.4) is 0 Å². The molecule has 1 aliphatic carbocycles. The van der Waals surface area contributed by atoms with Gasteiger partial charge < -0.3 is 20.5 Å². The molecule has 0 radical (unpaired) electrons. The molecule has 2 aliphatic rings. The maximum Gasteiger partial charge on any atom is 0.228 e. The molecule has 0 unspecified atom stereocenters. The first-order valence-corrected chi connectivity index (χ1v) is 8.56. The number of hydrogen-bond donors (Lipinski definition) is 3. The van der Waals surface area contributed by atoms with Gasteiger partial charge in [0.2, 0.25) is 5.91 Å². The van der Waals surface area contributed by atoms with Crippen molar-refractivity contribution in [1.82, 2.24) is 10.6 Å². The molecular weight excluding hydrogens is 328 g/mol. The minimum Gasteiger partial charge on any atom is -0.491 e. The highest BCUT2D eigenvalue weighted by molar-refractivity contribution is 5.85. The van der Waals surface area contributed by atoms with Crippen molar-refractivity contribution in [2.75, 3.05) is 26.3 Å². The molecule has 0 spiro atoms. The van der Waals surface area contributed by atoms with Crippen LogP contribution in [0.4, 0.5) is 0 Å². The molecule has 5 nitrogen and oxygen atoms in total. The van der Waals surface area contributed by atoms with Crippen LogP contribution in [0.1, 0.15) is 31.2 Å². The Hall–Kier alpha value is -1.30. The number of carbonyl (C=O) groups excluding carboxylic acids is 1. The molecule has 1 aromatic rings. The highest BCUT2D eigenvalue weighted by atomic mass is 35.5. The van der Waals surface area contributed by atoms with Crippen LogP contribution >= 0.6 is 12.4 Å². The maximum atomic E-state index is 12.8. The third-order valence-corrected chi connectivity index (χ3v) is 5.23. The average molecular weight is 355 g/mol. The van der Waals surface area contributed by atoms with Gasteiger partial charge in [0.05, 0.1) is 12.0 Å². The lowest BCUT2D eigenvalue weighted by atomic mass is 9.67. The zero-order chi connectivity index (χ0) is 16.1. The van der Waals surface area contributed by atoms with Gasteiger partial charge in [0, 0.05) is 13.1 Å². The summed E-state index contributed by atoms with van der Waals surface area (Å²) in [6.07, 6.45) is 4.57. The van der Waals surface area contributed by atoms with Crippen LogP contribution in [0.5, 0.6) is 5.75 Å². The van der Waals surface area contributed by atoms with Gasteiger partial charge in [-0.1, -0.05) is 25.0 Å². The zero-order valence-corrected chi connectivity index (χ0v) is 14.7. The lowest BCUT2D eigenvalue weighted by Crippen LogP contribution is -2.47. The Morgan fingerprint density at radius 2 is 2.12 bits per heavy atom. The van der Waals surface area contributed by atoms with E-state index in [0.717, 1.165) is 43.7 Å². The van der Waals surface area contributed by atoms with E-state index in [9.17, 15) is 4.79 Å². The molecule has 1 aromatic carbocycles. The number of aliphatic hydroxyl groups excluding tert-OH is 1. The summed E-state index contributed by atoms with van der Waals surface area (Å²) in [7, 11) is 0. The molecule has 1 saturated carbocycles. The van der Waals surface area contributed by atoms with Crippen LogP contribution in [0.15, 0.2) is 24.3 Å². The molecule has 1 amide bonds. The van der Waals surface area contributed by atoms with Gasteiger partial charge in [-0.25, -0.2) is 0 Å². The molecule has 3 N–H and O–H groups in total. The van der Waals surface area contributed by atoms with Crippen molar-refractivity contribution in [3.05, 3.63) is 29.8 Å². The number of benzene rings is 1. The van der Waals surface area contributed by atoms with E-state index in [1.54, 1.807) is 0 Å². The predicted molar refractivity (Wildman–Crippen MR) is 95.4 cm³/mol. The number of hydrogen-bond acceptors (Lipinski definition) is 4. The smallest absolute Gasteiger partial charge is 0.228 e. The minimum absolute atomic E-state index is 0. The number of amides is 1. The lowest BCUT2D eigenvalue weighted by molar-refractivity contribution is -0.134. The van der Waals surface area contributed by atoms with Gasteiger partial charge in [-0.15, -0.1) is 12.4 Å². The van der Waals surface area contributed by atoms with Crippen molar-refractivity contribution in [1.29, 1.82) is 0 Å². The van der Waals surface area contributed by atoms with Crippen molar-refractivity contribution in [2.24, 2.45) is 11.3 Å². The molecule has 3 rings (SSSR count). The zero-order valence-electron chi connectivity index (χ0n) is 13.9. The van der Waals surface area contributed by atoms with E-state index >= 15 is 0 Å². The third-order valence-electron chi connectivity index (χ3n) is 5.23. The summed E-state index contributed by atoms with van der Waals surface area (Å²) in [5, 5.41) is 15.3. The largest absolute Gasteiger partial charge is 0.491 e. The second-order valence-electron chi connectivity index (χ2n) is 6.63. The van der Waals surface area contributed by atoms with Crippen LogP contribution in [-0.4, -0.2) is 37.3 Å². The third kappa shape index (κ3) is 4.02. The van der Waals surface area contributed by atoms with Gasteiger partial charge in [0.1, 0.15) is 12.4 Å². The standard InChI is InChI=1S/C18H26N2O3.ClH/c21-9-10-23-16-6-4-14(5-7-16)11-20-17(22)18-8-2-1-3-15(18)12-19-13-18;/h4-7,15,19,21H,1-3,8-13H2,(H,20,22);1H/t15-,18+;/m0./s1. The van der Waals surface area contributed by atoms with Crippen LogP contribution < -0.4 is 15.4 Å². The van der Waals surface area contributed by atoms with E-state index in [-0.39, 0.29) is 30.3 Å². The van der Waals surface area contributed by atoms with E-state index in [4.69, 9.17) is 9.84 Å². The summed E-state index contributed by atoms with van der Waals surface area (Å²) in [6.45, 7) is 2.65. The Morgan fingerprint density at radius 1 is 1.33 bits per heavy atom. The molecule has 1 heterocycles. The number of carbonyl (C=O) groups is 1. The predicted octanol–water partition coefficient (Wildman–Crippen LogP) is 1.88. The number of nitrogens with one attached hydrogen (secondary N) is 2. The Morgan fingerprint density at radius 3 is 2.88 bits per heavy atom. The second-order valence-corrected chi connectivity index (χ2v) is 6.63. The Labute approximate surface area is 149 Å². The van der Waals surface area contributed by atoms with Gasteiger partial charge >= 0.3 is 0 Å². The van der Waals surface area contributed by atoms with Crippen LogP contribution in [0.25, 0.3) is 0 Å². The summed E-state index contributed by atoms with van der Waals surface area (Å²) in [4.78, 5) is 12.8. The molecule has 0 aromatic heterocycles. The highest BCUT2D eigenvalue weighted by Gasteiger charge is 2.49. The molecule has 24 heavy (non-hydrogen) atoms. The average Bonchev–Trinajstić information content (AvgIpc) is 3.04. The molecule has 1 aliphatic heterocycles. The lowest BCUT2D eigenvalue weighted by Gasteiger charge is -2.37. The topological polar surface area (TPSA) is 70.6 Å². The van der Waals surface area contributed by atoms with Crippen molar-refractivity contribution >= 4 is 18.3 Å². The molecular formula is C18H27ClN2O3. The van der Waals surface area contributed by atoms with E-state index in [1.165, 1.54) is 6.42 Å². The van der Waals surface area contributed by atoms with Gasteiger partial charge in [-0.3, -0.25) is 4.79 Å². The van der Waals surface area contributed by atoms with Gasteiger partial charge in [-0.2, -0.15) is 0 Å². The van der Waals surface area contributed by atoms with Crippen molar-refractivity contribution in [2.45, 2.75) is 32.2 Å². The minimum atomic E-state index is -0.192. The number of halogens is 1. The summed E-state index contributed by atoms with van der Waals surface area (Å²) in [6, 6.07) is 7.65. The van der Waals surface area contributed by atoms with E-state index in [0.29, 0.717) is 19.1 Å². The number of fused-ring (bicyclic) bond motifs is 1. The first-order chi connectivity index (χ1) is 11.2. The quantitative estimate of drug-likeness (QED) is 0.729. The molecule has 0 bridgehead atoms. The highest BCUT2D eigenvalue weighted by Crippen LogP contribution is 2.43. The fourth-order valence-electron chi connectivity index (χ4n) is 3.92. The first kappa shape index (κ1) is 19.0. The second kappa shape index (κ2) is 8.70. The van der Waals surface area contributed by atoms with Crippen molar-refractivity contribution < 1.29 is 14.6 Å². The summed E-state index contributed by atoms with van der Waals surface area (Å²) in [5.41, 5.74) is 0.868. The number of aliphatic hydroxyl groups is 1. The SMILES string of the molecule is Cl.O=C(NCc1ccc(OCCO)cc1)[C@@]12CCCC[C@H]1CNC2. The van der Waals surface area contributed by atoms with Crippen LogP contribution in [-0.2, 0) is 11.3 Å². The maximum absolute atomic E-state index is 12.8. The van der Waals surface area contributed by atoms with E-state index in [2.05, 4.69) is 10.6 Å². The fourth-order valence-corrected chi connectivity index (χ4v) is 3.92. The number of rotatable bonds is 6. The van der Waals surface area contributed by atoms with E-state index in [1.807, 2.05) is 24.3 Å². The molecule has 2 fully saturated rings. The Bertz CT molecular complexity index is 538. The molecule has 1 saturated heterocycles. The van der Waals surface area contributed by atoms with E-state index < -0.39 is 0 Å². The summed E-state index contributed by atoms with van der Waals surface area (Å²) < 4.78 is 5.34. The molecule has 6 heteroatoms. The summed E-state index contributed by atoms with van der Waals surface area (Å²) in [5.74, 6) is 1.43. The van der Waals surface area contributed by atoms with Crippen molar-refractivity contribution in [3.8, 4) is 5.75 Å². The first-order valence-electron chi connectivity index (χ1n) is 8.56. The van der Waals surface area contributed by atoms with Crippen LogP contribution in [0, 0.1) is 11.3 Å². The normalized spacial score (nSPS) is 25.5. The Kier molecular flexibility index (Phi) is 6.90. The van der Waals surface area contributed by atoms with Gasteiger partial charge in [-0.05, 0) is 43.0 Å². The fraction of sp³-hybridized carbons (Fsp3) is 0.611. The number of ether oxygens (including phenoxy) is 1. The molecule has 2 atom stereocenters. The Balaban J connectivity index is 0.00000208. The van der Waals surface area contributed by atoms with Gasteiger partial charge in [0.15, 0.2) is 0 Å². The summed E-state index contributed by atoms with van der Waals surface area (Å²) >= 11 is 0. The van der Waals surface area contributed by atoms with Gasteiger partial charge in [0.25, 0.3) is 0 Å². The monoisotopic (exact) mass is 354 g/mol. The van der Waals surface area contributed by atoms with Crippen LogP contribution in [0.2, 0.25) is 0 Å². The van der Waals surface area contributed by atoms with Crippen molar-refractivity contribution in [3.63, 3.8) is 0 Å². The molecule has 134 valence electrons.